The van der Waals surface area contributed by atoms with Gasteiger partial charge in [0.1, 0.15) is 9.84 Å². The van der Waals surface area contributed by atoms with E-state index in [-0.39, 0.29) is 53.2 Å². The normalized spacial score (nSPS) is 20.7. The highest BCUT2D eigenvalue weighted by molar-refractivity contribution is 7.93. The summed E-state index contributed by atoms with van der Waals surface area (Å²) in [6.07, 6.45) is 2.18. The van der Waals surface area contributed by atoms with E-state index in [4.69, 9.17) is 17.3 Å². The smallest absolute Gasteiger partial charge is 0.264 e. The van der Waals surface area contributed by atoms with Crippen LogP contribution in [-0.2, 0) is 31.8 Å². The molecule has 2 fully saturated rings. The molecule has 1 saturated carbocycles. The van der Waals surface area contributed by atoms with Crippen LogP contribution in [-0.4, -0.2) is 46.2 Å². The number of hydrogen-bond acceptors (Lipinski definition) is 6. The molecule has 2 amide bonds. The number of halogens is 1. The summed E-state index contributed by atoms with van der Waals surface area (Å²) in [6.45, 7) is 0.214. The van der Waals surface area contributed by atoms with Crippen LogP contribution in [0.25, 0.3) is 0 Å². The fraction of sp³-hybridized carbons (Fsp3) is 0.333. The lowest BCUT2D eigenvalue weighted by atomic mass is 9.70. The van der Waals surface area contributed by atoms with Gasteiger partial charge in [-0.05, 0) is 91.3 Å². The van der Waals surface area contributed by atoms with Gasteiger partial charge in [0.05, 0.1) is 28.1 Å². The van der Waals surface area contributed by atoms with E-state index < -0.39 is 37.2 Å². The topological polar surface area (TPSA) is 144 Å². The number of sulfonamides is 1. The quantitative estimate of drug-likeness (QED) is 0.408. The fourth-order valence-electron chi connectivity index (χ4n) is 6.43. The molecule has 2 aliphatic heterocycles. The number of fused-ring (bicyclic) bond motifs is 2. The largest absolute Gasteiger partial charge is 0.366 e. The lowest BCUT2D eigenvalue weighted by Gasteiger charge is -2.41. The van der Waals surface area contributed by atoms with Gasteiger partial charge < -0.3 is 11.1 Å². The number of primary amides is 1. The van der Waals surface area contributed by atoms with Crippen LogP contribution in [0.15, 0.2) is 71.6 Å². The van der Waals surface area contributed by atoms with Crippen LogP contribution in [0, 0.1) is 5.92 Å². The minimum Gasteiger partial charge on any atom is -0.366 e. The minimum absolute atomic E-state index is 0.00569. The van der Waals surface area contributed by atoms with Gasteiger partial charge in [0.2, 0.25) is 5.91 Å². The average Bonchev–Trinajstić information content (AvgIpc) is 3.77. The number of nitrogens with one attached hydrogen (secondary N) is 1. The Bertz CT molecular complexity index is 1790. The summed E-state index contributed by atoms with van der Waals surface area (Å²) in [5.74, 6) is -1.07. The van der Waals surface area contributed by atoms with Gasteiger partial charge >= 0.3 is 0 Å². The van der Waals surface area contributed by atoms with Crippen molar-refractivity contribution in [3.8, 4) is 0 Å². The van der Waals surface area contributed by atoms with Gasteiger partial charge in [-0.25, -0.2) is 16.8 Å². The summed E-state index contributed by atoms with van der Waals surface area (Å²) in [4.78, 5) is 24.9. The van der Waals surface area contributed by atoms with E-state index >= 15 is 0 Å². The summed E-state index contributed by atoms with van der Waals surface area (Å²) >= 11 is 6.25. The highest BCUT2D eigenvalue weighted by Crippen LogP contribution is 2.59. The van der Waals surface area contributed by atoms with E-state index in [9.17, 15) is 26.4 Å². The van der Waals surface area contributed by atoms with Crippen LogP contribution < -0.4 is 15.4 Å². The third-order valence-electron chi connectivity index (χ3n) is 8.73. The molecular weight excluding hydrogens is 598 g/mol. The summed E-state index contributed by atoms with van der Waals surface area (Å²) < 4.78 is 55.1. The van der Waals surface area contributed by atoms with Gasteiger partial charge in [0.25, 0.3) is 15.9 Å². The van der Waals surface area contributed by atoms with Crippen LogP contribution in [0.3, 0.4) is 0 Å². The zero-order chi connectivity index (χ0) is 29.9. The Balaban J connectivity index is 1.43. The second-order valence-electron chi connectivity index (χ2n) is 11.3. The first kappa shape index (κ1) is 28.7. The molecule has 1 aliphatic carbocycles. The number of benzene rings is 3. The molecule has 220 valence electrons. The van der Waals surface area contributed by atoms with E-state index in [1.54, 1.807) is 30.3 Å². The Morgan fingerprint density at radius 2 is 1.62 bits per heavy atom. The van der Waals surface area contributed by atoms with Gasteiger partial charge in [0, 0.05) is 28.1 Å². The summed E-state index contributed by atoms with van der Waals surface area (Å²) in [7, 11) is -7.39. The molecule has 1 atom stereocenters. The Labute approximate surface area is 250 Å². The Morgan fingerprint density at radius 3 is 2.24 bits per heavy atom. The van der Waals surface area contributed by atoms with Gasteiger partial charge in [-0.1, -0.05) is 29.8 Å². The fourth-order valence-corrected chi connectivity index (χ4v) is 9.98. The van der Waals surface area contributed by atoms with Crippen LogP contribution in [0.4, 0.5) is 5.69 Å². The second kappa shape index (κ2) is 10.4. The third kappa shape index (κ3) is 4.97. The van der Waals surface area contributed by atoms with Gasteiger partial charge in [0.15, 0.2) is 0 Å². The predicted molar refractivity (Wildman–Crippen MR) is 160 cm³/mol. The second-order valence-corrected chi connectivity index (χ2v) is 15.8. The predicted octanol–water partition coefficient (Wildman–Crippen LogP) is 3.80. The number of hydrogen-bond donors (Lipinski definition) is 2. The lowest BCUT2D eigenvalue weighted by Crippen LogP contribution is -2.52. The minimum atomic E-state index is -4.12. The molecule has 0 radical (unpaired) electrons. The summed E-state index contributed by atoms with van der Waals surface area (Å²) in [5.41, 5.74) is 7.03. The zero-order valence-electron chi connectivity index (χ0n) is 22.6. The molecule has 3 aromatic carbocycles. The van der Waals surface area contributed by atoms with Gasteiger partial charge in [-0.15, -0.1) is 0 Å². The molecule has 6 rings (SSSR count). The zero-order valence-corrected chi connectivity index (χ0v) is 25.0. The summed E-state index contributed by atoms with van der Waals surface area (Å²) in [5, 5.41) is 3.42. The number of carbonyl (C=O) groups excluding carboxylic acids is 2. The Hall–Kier alpha value is -3.41. The molecule has 0 bridgehead atoms. The van der Waals surface area contributed by atoms with Crippen LogP contribution in [0.1, 0.15) is 57.5 Å². The van der Waals surface area contributed by atoms with Crippen molar-refractivity contribution in [2.24, 2.45) is 11.7 Å². The summed E-state index contributed by atoms with van der Waals surface area (Å²) in [6, 6.07) is 17.2. The molecule has 3 aliphatic rings. The highest BCUT2D eigenvalue weighted by Gasteiger charge is 2.60. The molecule has 1 spiro atoms. The number of nitrogens with zero attached hydrogens (tertiary/aromatic N) is 1. The van der Waals surface area contributed by atoms with Crippen LogP contribution >= 0.6 is 11.6 Å². The van der Waals surface area contributed by atoms with E-state index in [1.807, 2.05) is 12.1 Å². The van der Waals surface area contributed by atoms with E-state index in [0.717, 1.165) is 18.4 Å². The van der Waals surface area contributed by atoms with Crippen molar-refractivity contribution < 1.29 is 26.4 Å². The molecule has 42 heavy (non-hydrogen) atoms. The lowest BCUT2D eigenvalue weighted by molar-refractivity contribution is 0.0949. The number of nitrogens with two attached hydrogens (primary N) is 1. The first-order chi connectivity index (χ1) is 19.9. The van der Waals surface area contributed by atoms with E-state index in [0.29, 0.717) is 21.8 Å². The maximum absolute atomic E-state index is 14.3. The van der Waals surface area contributed by atoms with E-state index in [1.165, 1.54) is 28.6 Å². The first-order valence-electron chi connectivity index (χ1n) is 13.7. The number of sulfone groups is 1. The number of amides is 2. The van der Waals surface area contributed by atoms with Crippen molar-refractivity contribution in [2.45, 2.75) is 48.6 Å². The van der Waals surface area contributed by atoms with Crippen molar-refractivity contribution in [1.29, 1.82) is 0 Å². The molecule has 0 aromatic heterocycles. The molecule has 1 unspecified atom stereocenters. The SMILES string of the molecule is NC(=O)c1ccc(S(=O)(=O)N2c3ccc(C(=O)NCc4ccccc4Cl)cc3C3(CCS(=O)(=O)CC3)C2C2CC2)cc1. The van der Waals surface area contributed by atoms with Crippen molar-refractivity contribution in [1.82, 2.24) is 5.32 Å². The molecular formula is C30H30ClN3O6S2. The number of rotatable bonds is 7. The van der Waals surface area contributed by atoms with Crippen molar-refractivity contribution in [3.05, 3.63) is 94.0 Å². The Morgan fingerprint density at radius 1 is 0.976 bits per heavy atom. The van der Waals surface area contributed by atoms with Crippen molar-refractivity contribution >= 4 is 49.0 Å². The number of anilines is 1. The number of carbonyl (C=O) groups is 2. The average molecular weight is 628 g/mol. The first-order valence-corrected chi connectivity index (χ1v) is 17.4. The molecule has 12 heteroatoms. The van der Waals surface area contributed by atoms with Gasteiger partial charge in [-0.3, -0.25) is 13.9 Å². The van der Waals surface area contributed by atoms with Crippen LogP contribution in [0.2, 0.25) is 5.02 Å². The maximum Gasteiger partial charge on any atom is 0.264 e. The third-order valence-corrected chi connectivity index (χ3v) is 12.6. The van der Waals surface area contributed by atoms with Crippen molar-refractivity contribution in [3.63, 3.8) is 0 Å². The maximum atomic E-state index is 14.3. The highest BCUT2D eigenvalue weighted by atomic mass is 35.5. The Kier molecular flexibility index (Phi) is 7.10. The van der Waals surface area contributed by atoms with Gasteiger partial charge in [-0.2, -0.15) is 0 Å². The molecule has 2 heterocycles. The molecule has 9 nitrogen and oxygen atoms in total. The molecule has 3 N–H and O–H groups in total. The monoisotopic (exact) mass is 627 g/mol. The molecule has 1 saturated heterocycles. The van der Waals surface area contributed by atoms with Crippen LogP contribution in [0.5, 0.6) is 0 Å². The van der Waals surface area contributed by atoms with E-state index in [2.05, 4.69) is 5.32 Å². The van der Waals surface area contributed by atoms with Crippen molar-refractivity contribution in [2.75, 3.05) is 15.8 Å². The molecule has 3 aromatic rings. The standard InChI is InChI=1S/C30H30ClN3O6S2/c31-25-4-2-1-3-22(25)18-33-29(36)21-9-12-26-24(17-21)30(13-15-41(37,38)16-14-30)27(19-5-6-19)34(26)42(39,40)23-10-7-20(8-11-23)28(32)35/h1-4,7-12,17,19,27H,5-6,13-16,18H2,(H2,32,35)(H,33,36).